The van der Waals surface area contributed by atoms with Crippen LogP contribution < -0.4 is 5.43 Å². The van der Waals surface area contributed by atoms with E-state index < -0.39 is 0 Å². The number of hydrogen-bond acceptors (Lipinski definition) is 2. The van der Waals surface area contributed by atoms with E-state index in [1.807, 2.05) is 6.92 Å². The number of rotatable bonds is 5. The SMILES string of the molecule is CCCC/C(C)=N/NC(=O)C1C2CCCCC21. The predicted octanol–water partition coefficient (Wildman–Crippen LogP) is 3.10. The van der Waals surface area contributed by atoms with Gasteiger partial charge in [-0.2, -0.15) is 5.10 Å². The summed E-state index contributed by atoms with van der Waals surface area (Å²) in [6.45, 7) is 4.16. The van der Waals surface area contributed by atoms with Crippen molar-refractivity contribution in [2.45, 2.75) is 58.8 Å². The molecule has 0 aromatic heterocycles. The first-order valence-corrected chi connectivity index (χ1v) is 7.07. The van der Waals surface area contributed by atoms with Crippen molar-refractivity contribution in [3.63, 3.8) is 0 Å². The van der Waals surface area contributed by atoms with Crippen molar-refractivity contribution in [3.8, 4) is 0 Å². The molecule has 0 saturated heterocycles. The largest absolute Gasteiger partial charge is 0.273 e. The van der Waals surface area contributed by atoms with Gasteiger partial charge in [-0.1, -0.05) is 26.2 Å². The second kappa shape index (κ2) is 5.65. The van der Waals surface area contributed by atoms with Crippen LogP contribution in [0.3, 0.4) is 0 Å². The lowest BCUT2D eigenvalue weighted by Crippen LogP contribution is -2.22. The summed E-state index contributed by atoms with van der Waals surface area (Å²) in [7, 11) is 0. The van der Waals surface area contributed by atoms with Gasteiger partial charge in [0.2, 0.25) is 5.91 Å². The first kappa shape index (κ1) is 12.6. The molecule has 3 heteroatoms. The minimum atomic E-state index is 0.165. The highest BCUT2D eigenvalue weighted by molar-refractivity contribution is 5.86. The van der Waals surface area contributed by atoms with Gasteiger partial charge in [0.1, 0.15) is 0 Å². The van der Waals surface area contributed by atoms with E-state index in [0.717, 1.165) is 18.6 Å². The number of carbonyl (C=O) groups excluding carboxylic acids is 1. The highest BCUT2D eigenvalue weighted by Crippen LogP contribution is 2.55. The second-order valence-electron chi connectivity index (χ2n) is 5.56. The topological polar surface area (TPSA) is 41.5 Å². The van der Waals surface area contributed by atoms with Crippen LogP contribution in [0.2, 0.25) is 0 Å². The standard InChI is InChI=1S/C14H24N2O/c1-3-4-7-10(2)15-16-14(17)13-11-8-5-6-9-12(11)13/h11-13H,3-9H2,1-2H3,(H,16,17)/b15-10+. The first-order valence-electron chi connectivity index (χ1n) is 7.07. The summed E-state index contributed by atoms with van der Waals surface area (Å²) in [5.41, 5.74) is 3.80. The van der Waals surface area contributed by atoms with Gasteiger partial charge >= 0.3 is 0 Å². The maximum absolute atomic E-state index is 11.9. The van der Waals surface area contributed by atoms with Crippen molar-refractivity contribution < 1.29 is 4.79 Å². The summed E-state index contributed by atoms with van der Waals surface area (Å²) < 4.78 is 0. The molecule has 0 heterocycles. The average molecular weight is 236 g/mol. The van der Waals surface area contributed by atoms with Gasteiger partial charge in [0, 0.05) is 11.6 Å². The zero-order valence-electron chi connectivity index (χ0n) is 11.0. The van der Waals surface area contributed by atoms with Gasteiger partial charge in [-0.25, -0.2) is 5.43 Å². The van der Waals surface area contributed by atoms with Gasteiger partial charge in [0.25, 0.3) is 0 Å². The van der Waals surface area contributed by atoms with Gasteiger partial charge in [0.15, 0.2) is 0 Å². The molecule has 96 valence electrons. The minimum absolute atomic E-state index is 0.165. The monoisotopic (exact) mass is 236 g/mol. The smallest absolute Gasteiger partial charge is 0.243 e. The Bertz CT molecular complexity index is 299. The van der Waals surface area contributed by atoms with E-state index >= 15 is 0 Å². The summed E-state index contributed by atoms with van der Waals surface area (Å²) in [5.74, 6) is 1.79. The number of nitrogens with zero attached hydrogens (tertiary/aromatic N) is 1. The normalized spacial score (nSPS) is 31.9. The average Bonchev–Trinajstić information content (AvgIpc) is 3.07. The van der Waals surface area contributed by atoms with Crippen LogP contribution in [0.5, 0.6) is 0 Å². The van der Waals surface area contributed by atoms with E-state index in [4.69, 9.17) is 0 Å². The summed E-state index contributed by atoms with van der Waals surface area (Å²) in [6.07, 6.45) is 8.44. The molecule has 17 heavy (non-hydrogen) atoms. The lowest BCUT2D eigenvalue weighted by Gasteiger charge is -2.04. The Morgan fingerprint density at radius 2 is 1.94 bits per heavy atom. The molecule has 0 spiro atoms. The maximum atomic E-state index is 11.9. The second-order valence-corrected chi connectivity index (χ2v) is 5.56. The third-order valence-electron chi connectivity index (χ3n) is 4.21. The molecule has 0 aromatic carbocycles. The predicted molar refractivity (Wildman–Crippen MR) is 69.7 cm³/mol. The van der Waals surface area contributed by atoms with Crippen LogP contribution in [-0.4, -0.2) is 11.6 Å². The molecule has 3 nitrogen and oxygen atoms in total. The van der Waals surface area contributed by atoms with Gasteiger partial charge in [-0.05, 0) is 44.4 Å². The van der Waals surface area contributed by atoms with E-state index in [0.29, 0.717) is 11.8 Å². The number of hydrazone groups is 1. The summed E-state index contributed by atoms with van der Waals surface area (Å²) in [6, 6.07) is 0. The Balaban J connectivity index is 1.74. The fourth-order valence-corrected chi connectivity index (χ4v) is 3.09. The summed E-state index contributed by atoms with van der Waals surface area (Å²) >= 11 is 0. The number of amides is 1. The minimum Gasteiger partial charge on any atom is -0.273 e. The van der Waals surface area contributed by atoms with Gasteiger partial charge in [-0.15, -0.1) is 0 Å². The molecule has 2 atom stereocenters. The molecule has 1 amide bonds. The van der Waals surface area contributed by atoms with Crippen LogP contribution in [-0.2, 0) is 4.79 Å². The fraction of sp³-hybridized carbons (Fsp3) is 0.857. The van der Waals surface area contributed by atoms with E-state index in [1.165, 1.54) is 32.1 Å². The van der Waals surface area contributed by atoms with Crippen molar-refractivity contribution >= 4 is 11.6 Å². The Hall–Kier alpha value is -0.860. The number of nitrogens with one attached hydrogen (secondary N) is 1. The Morgan fingerprint density at radius 1 is 1.29 bits per heavy atom. The molecule has 0 aliphatic heterocycles. The number of carbonyl (C=O) groups is 1. The maximum Gasteiger partial charge on any atom is 0.243 e. The highest BCUT2D eigenvalue weighted by atomic mass is 16.2. The zero-order valence-corrected chi connectivity index (χ0v) is 11.0. The van der Waals surface area contributed by atoms with E-state index in [1.54, 1.807) is 0 Å². The van der Waals surface area contributed by atoms with Crippen LogP contribution in [0.4, 0.5) is 0 Å². The molecule has 2 aliphatic rings. The number of hydrogen-bond donors (Lipinski definition) is 1. The van der Waals surface area contributed by atoms with Crippen LogP contribution >= 0.6 is 0 Å². The number of fused-ring (bicyclic) bond motifs is 1. The third kappa shape index (κ3) is 3.08. The zero-order chi connectivity index (χ0) is 12.3. The molecular weight excluding hydrogens is 212 g/mol. The summed E-state index contributed by atoms with van der Waals surface area (Å²) in [5, 5.41) is 4.20. The first-order chi connectivity index (χ1) is 8.24. The van der Waals surface area contributed by atoms with Crippen molar-refractivity contribution in [1.29, 1.82) is 0 Å². The molecule has 2 rings (SSSR count). The van der Waals surface area contributed by atoms with Crippen LogP contribution in [0.1, 0.15) is 58.8 Å². The third-order valence-corrected chi connectivity index (χ3v) is 4.21. The van der Waals surface area contributed by atoms with Crippen molar-refractivity contribution in [2.75, 3.05) is 0 Å². The molecule has 2 saturated carbocycles. The Morgan fingerprint density at radius 3 is 2.53 bits per heavy atom. The van der Waals surface area contributed by atoms with Crippen molar-refractivity contribution in [2.24, 2.45) is 22.9 Å². The molecule has 0 bridgehead atoms. The molecule has 0 aromatic rings. The molecular formula is C14H24N2O. The van der Waals surface area contributed by atoms with Crippen LogP contribution in [0.15, 0.2) is 5.10 Å². The Kier molecular flexibility index (Phi) is 4.19. The molecule has 1 N–H and O–H groups in total. The Labute approximate surface area is 104 Å². The lowest BCUT2D eigenvalue weighted by molar-refractivity contribution is -0.122. The fourth-order valence-electron chi connectivity index (χ4n) is 3.09. The molecule has 2 unspecified atom stereocenters. The van der Waals surface area contributed by atoms with Crippen LogP contribution in [0, 0.1) is 17.8 Å². The van der Waals surface area contributed by atoms with Crippen molar-refractivity contribution in [1.82, 2.24) is 5.43 Å². The van der Waals surface area contributed by atoms with Crippen molar-refractivity contribution in [3.05, 3.63) is 0 Å². The lowest BCUT2D eigenvalue weighted by atomic mass is 10.0. The van der Waals surface area contributed by atoms with Gasteiger partial charge < -0.3 is 0 Å². The highest BCUT2D eigenvalue weighted by Gasteiger charge is 2.54. The number of unbranched alkanes of at least 4 members (excludes halogenated alkanes) is 1. The van der Waals surface area contributed by atoms with Gasteiger partial charge in [-0.3, -0.25) is 4.79 Å². The molecule has 0 radical (unpaired) electrons. The molecule has 2 fully saturated rings. The van der Waals surface area contributed by atoms with E-state index in [9.17, 15) is 4.79 Å². The quantitative estimate of drug-likeness (QED) is 0.578. The van der Waals surface area contributed by atoms with E-state index in [-0.39, 0.29) is 11.8 Å². The van der Waals surface area contributed by atoms with E-state index in [2.05, 4.69) is 17.5 Å². The summed E-state index contributed by atoms with van der Waals surface area (Å²) in [4.78, 5) is 11.9. The van der Waals surface area contributed by atoms with Gasteiger partial charge in [0.05, 0.1) is 0 Å². The molecule has 2 aliphatic carbocycles. The van der Waals surface area contributed by atoms with Crippen LogP contribution in [0.25, 0.3) is 0 Å².